The molecule has 9 nitrogen and oxygen atoms in total. The fraction of sp³-hybridized carbons (Fsp3) is 0.323. The molecule has 0 bridgehead atoms. The molecule has 0 radical (unpaired) electrons. The number of hydrogen-bond donors (Lipinski definition) is 4. The first kappa shape index (κ1) is 29.9. The number of hydrogen-bond acceptors (Lipinski definition) is 5. The smallest absolute Gasteiger partial charge is 0.323 e. The number of halogens is 1. The molecule has 1 aliphatic rings. The Kier molecular flexibility index (Phi) is 10.6. The molecular formula is C31H36ClN5O4. The molecule has 216 valence electrons. The molecule has 4 amide bonds. The minimum absolute atomic E-state index is 0.0656. The van der Waals surface area contributed by atoms with Crippen molar-refractivity contribution >= 4 is 46.5 Å². The highest BCUT2D eigenvalue weighted by atomic mass is 35.5. The quantitative estimate of drug-likeness (QED) is 0.222. The zero-order valence-corrected chi connectivity index (χ0v) is 24.1. The Morgan fingerprint density at radius 2 is 1.49 bits per heavy atom. The molecule has 4 N–H and O–H groups in total. The zero-order chi connectivity index (χ0) is 29.2. The van der Waals surface area contributed by atoms with Crippen LogP contribution >= 0.6 is 11.6 Å². The van der Waals surface area contributed by atoms with Crippen LogP contribution in [0.3, 0.4) is 0 Å². The largest absolute Gasteiger partial charge is 0.496 e. The molecular weight excluding hydrogens is 542 g/mol. The van der Waals surface area contributed by atoms with E-state index >= 15 is 0 Å². The SMILES string of the molecule is COc1cc(NC(=O)Nc2ccc(Cl)cc2)ccc1C(=O)NCCCN1CCC(c2ccc(NC(C)=O)cc2)CC1. The number of piperidine rings is 1. The van der Waals surface area contributed by atoms with Crippen LogP contribution in [0.25, 0.3) is 0 Å². The van der Waals surface area contributed by atoms with E-state index in [2.05, 4.69) is 38.3 Å². The second-order valence-electron chi connectivity index (χ2n) is 10.0. The lowest BCUT2D eigenvalue weighted by Gasteiger charge is -2.32. The maximum absolute atomic E-state index is 12.8. The van der Waals surface area contributed by atoms with Gasteiger partial charge in [0.1, 0.15) is 5.75 Å². The van der Waals surface area contributed by atoms with E-state index < -0.39 is 6.03 Å². The van der Waals surface area contributed by atoms with Crippen molar-refractivity contribution in [3.8, 4) is 5.75 Å². The number of benzene rings is 3. The summed E-state index contributed by atoms with van der Waals surface area (Å²) in [4.78, 5) is 38.8. The number of ether oxygens (including phenoxy) is 1. The molecule has 1 aliphatic heterocycles. The summed E-state index contributed by atoms with van der Waals surface area (Å²) in [5.74, 6) is 0.606. The van der Waals surface area contributed by atoms with Gasteiger partial charge in [-0.1, -0.05) is 23.7 Å². The van der Waals surface area contributed by atoms with Crippen molar-refractivity contribution in [1.29, 1.82) is 0 Å². The first-order chi connectivity index (χ1) is 19.8. The van der Waals surface area contributed by atoms with E-state index in [-0.39, 0.29) is 11.8 Å². The van der Waals surface area contributed by atoms with Gasteiger partial charge in [-0.2, -0.15) is 0 Å². The van der Waals surface area contributed by atoms with Crippen molar-refractivity contribution in [2.24, 2.45) is 0 Å². The first-order valence-electron chi connectivity index (χ1n) is 13.7. The van der Waals surface area contributed by atoms with Gasteiger partial charge >= 0.3 is 6.03 Å². The summed E-state index contributed by atoms with van der Waals surface area (Å²) in [7, 11) is 1.49. The maximum atomic E-state index is 12.8. The molecule has 0 saturated carbocycles. The second-order valence-corrected chi connectivity index (χ2v) is 10.5. The minimum atomic E-state index is -0.421. The van der Waals surface area contributed by atoms with Gasteiger partial charge in [-0.3, -0.25) is 9.59 Å². The average molecular weight is 578 g/mol. The predicted molar refractivity (Wildman–Crippen MR) is 163 cm³/mol. The van der Waals surface area contributed by atoms with Gasteiger partial charge in [-0.15, -0.1) is 0 Å². The fourth-order valence-electron chi connectivity index (χ4n) is 4.91. The highest BCUT2D eigenvalue weighted by molar-refractivity contribution is 6.30. The molecule has 10 heteroatoms. The molecule has 3 aromatic carbocycles. The Hall–Kier alpha value is -4.08. The van der Waals surface area contributed by atoms with E-state index in [1.807, 2.05) is 12.1 Å². The summed E-state index contributed by atoms with van der Waals surface area (Å²) in [6, 6.07) is 19.4. The van der Waals surface area contributed by atoms with Crippen molar-refractivity contribution in [2.75, 3.05) is 49.2 Å². The molecule has 0 aromatic heterocycles. The van der Waals surface area contributed by atoms with Crippen molar-refractivity contribution in [3.63, 3.8) is 0 Å². The van der Waals surface area contributed by atoms with Crippen molar-refractivity contribution in [3.05, 3.63) is 82.9 Å². The van der Waals surface area contributed by atoms with Crippen LogP contribution in [-0.2, 0) is 4.79 Å². The van der Waals surface area contributed by atoms with Gasteiger partial charge in [0.2, 0.25) is 5.91 Å². The summed E-state index contributed by atoms with van der Waals surface area (Å²) in [5.41, 5.74) is 3.64. The average Bonchev–Trinajstić information content (AvgIpc) is 2.97. The molecule has 0 unspecified atom stereocenters. The topological polar surface area (TPSA) is 112 Å². The number of carbonyl (C=O) groups excluding carboxylic acids is 3. The zero-order valence-electron chi connectivity index (χ0n) is 23.3. The Balaban J connectivity index is 1.18. The number of nitrogens with one attached hydrogen (secondary N) is 4. The lowest BCUT2D eigenvalue weighted by Crippen LogP contribution is -2.35. The molecule has 0 atom stereocenters. The number of urea groups is 1. The van der Waals surface area contributed by atoms with Gasteiger partial charge in [-0.05, 0) is 98.9 Å². The summed E-state index contributed by atoms with van der Waals surface area (Å²) < 4.78 is 5.42. The summed E-state index contributed by atoms with van der Waals surface area (Å²) in [6.07, 6.45) is 3.01. The van der Waals surface area contributed by atoms with Gasteiger partial charge in [0.25, 0.3) is 5.91 Å². The fourth-order valence-corrected chi connectivity index (χ4v) is 5.04. The third kappa shape index (κ3) is 8.96. The number of methoxy groups -OCH3 is 1. The molecule has 1 saturated heterocycles. The molecule has 3 aromatic rings. The van der Waals surface area contributed by atoms with Gasteiger partial charge in [0, 0.05) is 41.6 Å². The molecule has 1 fully saturated rings. The Morgan fingerprint density at radius 3 is 2.15 bits per heavy atom. The number of carbonyl (C=O) groups is 3. The van der Waals surface area contributed by atoms with Crippen LogP contribution in [0.1, 0.15) is 48.0 Å². The van der Waals surface area contributed by atoms with E-state index in [0.717, 1.165) is 44.6 Å². The van der Waals surface area contributed by atoms with Crippen LogP contribution in [0.4, 0.5) is 21.9 Å². The molecule has 1 heterocycles. The summed E-state index contributed by atoms with van der Waals surface area (Å²) >= 11 is 5.88. The maximum Gasteiger partial charge on any atom is 0.323 e. The summed E-state index contributed by atoms with van der Waals surface area (Å²) in [6.45, 7) is 5.00. The van der Waals surface area contributed by atoms with Crippen LogP contribution in [-0.4, -0.2) is 56.0 Å². The van der Waals surface area contributed by atoms with Gasteiger partial charge in [0.05, 0.1) is 12.7 Å². The highest BCUT2D eigenvalue weighted by Crippen LogP contribution is 2.29. The second kappa shape index (κ2) is 14.5. The van der Waals surface area contributed by atoms with E-state index in [1.165, 1.54) is 19.6 Å². The minimum Gasteiger partial charge on any atom is -0.496 e. The van der Waals surface area contributed by atoms with E-state index in [4.69, 9.17) is 16.3 Å². The van der Waals surface area contributed by atoms with Crippen LogP contribution < -0.4 is 26.0 Å². The van der Waals surface area contributed by atoms with Crippen LogP contribution in [0, 0.1) is 0 Å². The normalized spacial score (nSPS) is 13.7. The number of likely N-dealkylation sites (tertiary alicyclic amines) is 1. The lowest BCUT2D eigenvalue weighted by molar-refractivity contribution is -0.114. The van der Waals surface area contributed by atoms with Crippen LogP contribution in [0.15, 0.2) is 66.7 Å². The Bertz CT molecular complexity index is 1340. The third-order valence-electron chi connectivity index (χ3n) is 7.03. The summed E-state index contributed by atoms with van der Waals surface area (Å²) in [5, 5.41) is 11.8. The third-order valence-corrected chi connectivity index (χ3v) is 7.28. The predicted octanol–water partition coefficient (Wildman–Crippen LogP) is 5.95. The van der Waals surface area contributed by atoms with E-state index in [0.29, 0.717) is 40.2 Å². The molecule has 0 aliphatic carbocycles. The molecule has 41 heavy (non-hydrogen) atoms. The first-order valence-corrected chi connectivity index (χ1v) is 14.1. The van der Waals surface area contributed by atoms with Gasteiger partial charge < -0.3 is 30.9 Å². The van der Waals surface area contributed by atoms with Crippen molar-refractivity contribution < 1.29 is 19.1 Å². The Labute approximate surface area is 245 Å². The van der Waals surface area contributed by atoms with Gasteiger partial charge in [0.15, 0.2) is 0 Å². The van der Waals surface area contributed by atoms with Gasteiger partial charge in [-0.25, -0.2) is 4.79 Å². The van der Waals surface area contributed by atoms with Crippen molar-refractivity contribution in [1.82, 2.24) is 10.2 Å². The van der Waals surface area contributed by atoms with E-state index in [1.54, 1.807) is 42.5 Å². The monoisotopic (exact) mass is 577 g/mol. The number of nitrogens with zero attached hydrogens (tertiary/aromatic N) is 1. The standard InChI is InChI=1S/C31H36ClN5O4/c1-21(38)34-25-8-4-22(5-9-25)23-14-18-37(19-15-23)17-3-16-33-30(39)28-13-12-27(20-29(28)41-2)36-31(40)35-26-10-6-24(32)7-11-26/h4-13,20,23H,3,14-19H2,1-2H3,(H,33,39)(H,34,38)(H2,35,36,40). The number of rotatable bonds is 10. The Morgan fingerprint density at radius 1 is 0.878 bits per heavy atom. The van der Waals surface area contributed by atoms with E-state index in [9.17, 15) is 14.4 Å². The lowest BCUT2D eigenvalue weighted by atomic mass is 9.89. The molecule has 4 rings (SSSR count). The highest BCUT2D eigenvalue weighted by Gasteiger charge is 2.20. The molecule has 0 spiro atoms. The number of anilines is 3. The number of amides is 4. The van der Waals surface area contributed by atoms with Crippen molar-refractivity contribution in [2.45, 2.75) is 32.1 Å². The van der Waals surface area contributed by atoms with Crippen LogP contribution in [0.5, 0.6) is 5.75 Å². The van der Waals surface area contributed by atoms with Crippen LogP contribution in [0.2, 0.25) is 5.02 Å².